The summed E-state index contributed by atoms with van der Waals surface area (Å²) in [6.45, 7) is 7.50. The van der Waals surface area contributed by atoms with Crippen LogP contribution in [0.2, 0.25) is 8.45 Å². The third-order valence-electron chi connectivity index (χ3n) is 7.10. The van der Waals surface area contributed by atoms with Gasteiger partial charge in [0.1, 0.15) is 5.82 Å². The van der Waals surface area contributed by atoms with Crippen LogP contribution in [0.5, 0.6) is 5.75 Å². The molecular weight excluding hydrogens is 639 g/mol. The van der Waals surface area contributed by atoms with Crippen molar-refractivity contribution in [2.75, 3.05) is 0 Å². The maximum atomic E-state index is 14.3. The van der Waals surface area contributed by atoms with Gasteiger partial charge < -0.3 is 0 Å². The number of aromatic nitrogens is 3. The predicted octanol–water partition coefficient (Wildman–Crippen LogP) is 7.81. The minimum absolute atomic E-state index is 0.257. The van der Waals surface area contributed by atoms with E-state index in [4.69, 9.17) is 24.1 Å². The van der Waals surface area contributed by atoms with E-state index in [0.717, 1.165) is 28.5 Å². The first-order valence-electron chi connectivity index (χ1n) is 15.1. The first-order chi connectivity index (χ1) is 19.9. The van der Waals surface area contributed by atoms with Crippen LogP contribution in [0.3, 0.4) is 0 Å². The topological polar surface area (TPSA) is 57.0 Å². The maximum absolute atomic E-state index is 14.3. The van der Waals surface area contributed by atoms with E-state index in [1.54, 1.807) is 6.92 Å². The molecular formula is C31H40ClF2N3O2Sn. The summed E-state index contributed by atoms with van der Waals surface area (Å²) in [7, 11) is 0. The van der Waals surface area contributed by atoms with Gasteiger partial charge in [0.2, 0.25) is 0 Å². The Morgan fingerprint density at radius 2 is 1.62 bits per heavy atom. The van der Waals surface area contributed by atoms with Gasteiger partial charge in [0.15, 0.2) is 0 Å². The van der Waals surface area contributed by atoms with Gasteiger partial charge in [-0.1, -0.05) is 0 Å². The summed E-state index contributed by atoms with van der Waals surface area (Å²) in [5.74, 6) is -2.41. The molecule has 0 aliphatic rings. The molecule has 40 heavy (non-hydrogen) atoms. The Hall–Kier alpha value is -2.00. The second-order valence-electron chi connectivity index (χ2n) is 10.4. The van der Waals surface area contributed by atoms with Crippen LogP contribution in [0.4, 0.5) is 8.78 Å². The van der Waals surface area contributed by atoms with Gasteiger partial charge in [0, 0.05) is 0 Å². The van der Waals surface area contributed by atoms with Gasteiger partial charge in [-0.2, -0.15) is 0 Å². The van der Waals surface area contributed by atoms with Gasteiger partial charge in [-0.25, -0.2) is 4.39 Å². The molecule has 9 heteroatoms. The number of aryl methyl sites for hydroxylation is 2. The molecule has 3 heterocycles. The van der Waals surface area contributed by atoms with Crippen molar-refractivity contribution < 1.29 is 16.3 Å². The van der Waals surface area contributed by atoms with Crippen LogP contribution in [-0.4, -0.2) is 35.7 Å². The molecule has 0 aromatic carbocycles. The molecule has 0 spiro atoms. The predicted molar refractivity (Wildman–Crippen MR) is 159 cm³/mol. The van der Waals surface area contributed by atoms with Crippen molar-refractivity contribution in [3.05, 3.63) is 74.6 Å². The van der Waals surface area contributed by atoms with Crippen molar-refractivity contribution in [2.24, 2.45) is 0 Å². The molecule has 0 unspecified atom stereocenters. The van der Waals surface area contributed by atoms with E-state index in [1.807, 2.05) is 19.2 Å². The number of unbranched alkanes of at least 4 members (excludes halogenated alkanes) is 3. The van der Waals surface area contributed by atoms with Gasteiger partial charge in [-0.05, 0) is 0 Å². The number of pyridine rings is 3. The summed E-state index contributed by atoms with van der Waals surface area (Å²) >= 11 is 5.27. The average Bonchev–Trinajstić information content (AvgIpc) is 2.93. The molecule has 0 amide bonds. The zero-order chi connectivity index (χ0) is 31.1. The third kappa shape index (κ3) is 8.27. The fourth-order valence-electron chi connectivity index (χ4n) is 4.85. The zero-order valence-corrected chi connectivity index (χ0v) is 27.7. The molecule has 0 aliphatic carbocycles. The molecule has 0 aliphatic heterocycles. The van der Waals surface area contributed by atoms with E-state index in [2.05, 4.69) is 25.8 Å². The van der Waals surface area contributed by atoms with Gasteiger partial charge in [-0.15, -0.1) is 0 Å². The first kappa shape index (κ1) is 29.5. The van der Waals surface area contributed by atoms with Crippen molar-refractivity contribution in [2.45, 2.75) is 102 Å². The Morgan fingerprint density at radius 3 is 2.20 bits per heavy atom. The van der Waals surface area contributed by atoms with E-state index < -0.39 is 50.6 Å². The molecule has 0 saturated carbocycles. The third-order valence-corrected chi connectivity index (χ3v) is 12.6. The van der Waals surface area contributed by atoms with Crippen molar-refractivity contribution in [3.8, 4) is 11.4 Å². The summed E-state index contributed by atoms with van der Waals surface area (Å²) in [6, 6.07) is 3.99. The molecule has 216 valence electrons. The van der Waals surface area contributed by atoms with E-state index in [9.17, 15) is 13.6 Å². The normalized spacial score (nSPS) is 12.8. The number of ether oxygens (including phenoxy) is 1. The Labute approximate surface area is 254 Å². The number of nitrogens with zero attached hydrogens (tertiary/aromatic N) is 3. The fraction of sp³-hybridized carbons (Fsp3) is 0.516. The Balaban J connectivity index is 2.02. The number of rotatable bonds is 15. The molecule has 0 fully saturated rings. The van der Waals surface area contributed by atoms with Gasteiger partial charge in [0.25, 0.3) is 0 Å². The second kappa shape index (κ2) is 15.3. The van der Waals surface area contributed by atoms with E-state index in [-0.39, 0.29) is 10.8 Å². The molecule has 3 rings (SSSR count). The minimum atomic E-state index is -2.81. The van der Waals surface area contributed by atoms with Crippen molar-refractivity contribution in [1.82, 2.24) is 14.5 Å². The number of hydrogen-bond donors (Lipinski definition) is 0. The SMILES string of the molecule is [2H]C([2H])(Oc1cc(C)n(-c2c[c]([Sn][C](CCCC)(CCCC)CCCC)ncc2C)c(=O)c1Cl)c1ncc(F)cc1F. The number of halogens is 3. The van der Waals surface area contributed by atoms with E-state index in [1.165, 1.54) is 49.2 Å². The van der Waals surface area contributed by atoms with Gasteiger partial charge in [-0.3, -0.25) is 0 Å². The fourth-order valence-corrected chi connectivity index (χ4v) is 10.1. The monoisotopic (exact) mass is 681 g/mol. The quantitative estimate of drug-likeness (QED) is 0.154. The summed E-state index contributed by atoms with van der Waals surface area (Å²) in [4.78, 5) is 22.0. The van der Waals surface area contributed by atoms with E-state index in [0.29, 0.717) is 27.1 Å². The first-order valence-corrected chi connectivity index (χ1v) is 17.3. The van der Waals surface area contributed by atoms with Gasteiger partial charge in [0.05, 0.1) is 0 Å². The van der Waals surface area contributed by atoms with Crippen LogP contribution in [0.15, 0.2) is 35.4 Å². The summed E-state index contributed by atoms with van der Waals surface area (Å²) in [5, 5.41) is -0.354. The van der Waals surface area contributed by atoms with Crippen LogP contribution < -0.4 is 14.0 Å². The molecule has 0 saturated heterocycles. The molecule has 0 N–H and O–H groups in total. The Kier molecular flexibility index (Phi) is 11.3. The van der Waals surface area contributed by atoms with Crippen LogP contribution in [0.1, 0.15) is 98.3 Å². The standard InChI is InChI=1S/C18H13ClF2N3O2.C13H27.Sn/c1-10-7-22-4-3-15(10)24-11(2)5-16(17(19)18(24)25)26-9-14-13(21)6-12(20)8-23-14;1-4-7-10-13(11-8-5-2)12-9-6-3;/h3,5-8H,9H2,1-2H3;4-12H2,1-3H3;/i9D2;;. The molecule has 0 bridgehead atoms. The van der Waals surface area contributed by atoms with Crippen LogP contribution in [0.25, 0.3) is 5.69 Å². The summed E-state index contributed by atoms with van der Waals surface area (Å²) < 4.78 is 52.3. The molecule has 5 nitrogen and oxygen atoms in total. The molecule has 2 radical (unpaired) electrons. The number of hydrogen-bond acceptors (Lipinski definition) is 4. The van der Waals surface area contributed by atoms with Crippen molar-refractivity contribution in [1.29, 1.82) is 0 Å². The summed E-state index contributed by atoms with van der Waals surface area (Å²) in [5.41, 5.74) is 0.612. The van der Waals surface area contributed by atoms with E-state index >= 15 is 0 Å². The van der Waals surface area contributed by atoms with Crippen molar-refractivity contribution in [3.63, 3.8) is 0 Å². The van der Waals surface area contributed by atoms with Crippen molar-refractivity contribution >= 4 is 36.5 Å². The second-order valence-corrected chi connectivity index (χ2v) is 15.9. The summed E-state index contributed by atoms with van der Waals surface area (Å²) in [6.07, 6.45) is 13.2. The average molecular weight is 681 g/mol. The zero-order valence-electron chi connectivity index (χ0n) is 26.0. The Morgan fingerprint density at radius 1 is 1.00 bits per heavy atom. The van der Waals surface area contributed by atoms with Gasteiger partial charge >= 0.3 is 245 Å². The molecule has 3 aromatic heterocycles. The Bertz CT molecular complexity index is 1420. The molecule has 3 aromatic rings. The van der Waals surface area contributed by atoms with Crippen LogP contribution >= 0.6 is 11.6 Å². The van der Waals surface area contributed by atoms with Crippen LogP contribution in [-0.2, 0) is 6.56 Å². The molecule has 0 atom stereocenters. The van der Waals surface area contributed by atoms with Crippen LogP contribution in [0, 0.1) is 25.5 Å².